The molecule has 2 aliphatic rings. The summed E-state index contributed by atoms with van der Waals surface area (Å²) in [5, 5.41) is 16.7. The van der Waals surface area contributed by atoms with Crippen LogP contribution in [0.1, 0.15) is 88.5 Å². The number of rotatable bonds is 8. The number of nitrogens with zero attached hydrogens (tertiary/aromatic N) is 2. The maximum Gasteiger partial charge on any atom is 0.246 e. The molecular formula is C37H48N4O4S. The van der Waals surface area contributed by atoms with E-state index in [0.717, 1.165) is 60.2 Å². The number of aryl methyl sites for hydroxylation is 1. The summed E-state index contributed by atoms with van der Waals surface area (Å²) in [4.78, 5) is 48.2. The Hall–Kier alpha value is -3.56. The van der Waals surface area contributed by atoms with E-state index < -0.39 is 23.6 Å². The minimum absolute atomic E-state index is 0.0600. The number of β-amino-alcohol motifs (C(OH)–C–C–N with tert-alkyl or cyclic N) is 1. The van der Waals surface area contributed by atoms with Crippen LogP contribution in [0, 0.1) is 18.3 Å². The average molecular weight is 645 g/mol. The van der Waals surface area contributed by atoms with Gasteiger partial charge >= 0.3 is 0 Å². The Morgan fingerprint density at radius 1 is 0.978 bits per heavy atom. The fourth-order valence-electron chi connectivity index (χ4n) is 6.83. The number of aliphatic hydroxyl groups excluding tert-OH is 1. The van der Waals surface area contributed by atoms with Gasteiger partial charge in [0.15, 0.2) is 0 Å². The molecule has 5 rings (SSSR count). The van der Waals surface area contributed by atoms with Gasteiger partial charge in [0, 0.05) is 25.4 Å². The van der Waals surface area contributed by atoms with Gasteiger partial charge in [0.2, 0.25) is 17.7 Å². The lowest BCUT2D eigenvalue weighted by molar-refractivity contribution is -0.144. The Morgan fingerprint density at radius 3 is 2.37 bits per heavy atom. The van der Waals surface area contributed by atoms with Gasteiger partial charge in [0.25, 0.3) is 0 Å². The number of hydrogen-bond acceptors (Lipinski definition) is 6. The predicted molar refractivity (Wildman–Crippen MR) is 182 cm³/mol. The summed E-state index contributed by atoms with van der Waals surface area (Å²) in [5.74, 6) is -0.464. The van der Waals surface area contributed by atoms with Gasteiger partial charge in [-0.3, -0.25) is 14.4 Å². The van der Waals surface area contributed by atoms with Crippen molar-refractivity contribution in [1.82, 2.24) is 20.5 Å². The fraction of sp³-hybridized carbons (Fsp3) is 0.514. The lowest BCUT2D eigenvalue weighted by Crippen LogP contribution is -2.58. The molecule has 1 aliphatic carbocycles. The summed E-state index contributed by atoms with van der Waals surface area (Å²) in [6.45, 7) is 8.14. The molecule has 2 fully saturated rings. The van der Waals surface area contributed by atoms with Crippen molar-refractivity contribution in [3.8, 4) is 10.4 Å². The number of benzene rings is 2. The molecule has 0 spiro atoms. The van der Waals surface area contributed by atoms with Crippen LogP contribution in [0.4, 0.5) is 0 Å². The number of hydrogen-bond donors (Lipinski definition) is 3. The molecule has 3 amide bonds. The molecule has 1 aliphatic heterocycles. The number of thiazole rings is 1. The van der Waals surface area contributed by atoms with Gasteiger partial charge in [-0.15, -0.1) is 11.3 Å². The molecule has 9 heteroatoms. The van der Waals surface area contributed by atoms with Gasteiger partial charge in [-0.1, -0.05) is 88.2 Å². The molecule has 8 nitrogen and oxygen atoms in total. The minimum atomic E-state index is -0.821. The quantitative estimate of drug-likeness (QED) is 0.279. The lowest BCUT2D eigenvalue weighted by atomic mass is 9.81. The van der Waals surface area contributed by atoms with Crippen LogP contribution in [0.25, 0.3) is 10.4 Å². The van der Waals surface area contributed by atoms with E-state index in [1.54, 1.807) is 11.3 Å². The first kappa shape index (κ1) is 33.8. The van der Waals surface area contributed by atoms with Crippen LogP contribution in [0.2, 0.25) is 0 Å². The van der Waals surface area contributed by atoms with Crippen molar-refractivity contribution in [3.05, 3.63) is 76.9 Å². The first-order chi connectivity index (χ1) is 22.0. The summed E-state index contributed by atoms with van der Waals surface area (Å²) in [7, 11) is 0. The van der Waals surface area contributed by atoms with Gasteiger partial charge in [-0.2, -0.15) is 0 Å². The van der Waals surface area contributed by atoms with Gasteiger partial charge in [0.1, 0.15) is 12.1 Å². The molecule has 3 aromatic rings. The SMILES string of the molecule is Cc1ncsc1-c1ccc(CNC(=O)C2CC(O)CN2C(=O)C(NC(=O)C2CCCCC(c3ccccc3)CC2)C(C)(C)C)cc1. The molecule has 2 heterocycles. The predicted octanol–water partition coefficient (Wildman–Crippen LogP) is 5.98. The van der Waals surface area contributed by atoms with Crippen LogP contribution < -0.4 is 10.6 Å². The average Bonchev–Trinajstić information content (AvgIpc) is 3.63. The molecule has 1 saturated carbocycles. The highest BCUT2D eigenvalue weighted by atomic mass is 32.1. The van der Waals surface area contributed by atoms with Crippen molar-refractivity contribution >= 4 is 29.1 Å². The molecule has 46 heavy (non-hydrogen) atoms. The molecule has 0 bridgehead atoms. The van der Waals surface area contributed by atoms with Crippen LogP contribution in [0.5, 0.6) is 0 Å². The third kappa shape index (κ3) is 8.23. The third-order valence-corrected chi connectivity index (χ3v) is 10.5. The van der Waals surface area contributed by atoms with Crippen molar-refractivity contribution in [1.29, 1.82) is 0 Å². The van der Waals surface area contributed by atoms with E-state index in [1.807, 2.05) is 63.5 Å². The normalized spacial score (nSPS) is 22.8. The van der Waals surface area contributed by atoms with E-state index >= 15 is 0 Å². The molecule has 5 unspecified atom stereocenters. The summed E-state index contributed by atoms with van der Waals surface area (Å²) in [6.07, 6.45) is 5.04. The van der Waals surface area contributed by atoms with E-state index in [2.05, 4.69) is 39.9 Å². The van der Waals surface area contributed by atoms with Crippen molar-refractivity contribution in [3.63, 3.8) is 0 Å². The molecule has 5 atom stereocenters. The first-order valence-electron chi connectivity index (χ1n) is 16.6. The Bertz CT molecular complexity index is 1480. The summed E-state index contributed by atoms with van der Waals surface area (Å²) in [5.41, 5.74) is 5.57. The smallest absolute Gasteiger partial charge is 0.246 e. The summed E-state index contributed by atoms with van der Waals surface area (Å²) in [6, 6.07) is 16.9. The largest absolute Gasteiger partial charge is 0.391 e. The van der Waals surface area contributed by atoms with Crippen LogP contribution in [-0.4, -0.2) is 57.4 Å². The van der Waals surface area contributed by atoms with Crippen molar-refractivity contribution in [2.24, 2.45) is 11.3 Å². The third-order valence-electron chi connectivity index (χ3n) is 9.55. The zero-order valence-corrected chi connectivity index (χ0v) is 28.3. The first-order valence-corrected chi connectivity index (χ1v) is 17.5. The Balaban J connectivity index is 1.22. The second-order valence-corrected chi connectivity index (χ2v) is 14.9. The molecule has 246 valence electrons. The number of aromatic nitrogens is 1. The highest BCUT2D eigenvalue weighted by molar-refractivity contribution is 7.13. The maximum absolute atomic E-state index is 14.1. The van der Waals surface area contributed by atoms with Crippen LogP contribution in [0.3, 0.4) is 0 Å². The van der Waals surface area contributed by atoms with Gasteiger partial charge in [0.05, 0.1) is 22.2 Å². The number of nitrogens with one attached hydrogen (secondary N) is 2. The fourth-order valence-corrected chi connectivity index (χ4v) is 7.65. The zero-order chi connectivity index (χ0) is 32.8. The van der Waals surface area contributed by atoms with E-state index in [9.17, 15) is 19.5 Å². The van der Waals surface area contributed by atoms with Gasteiger partial charge in [-0.05, 0) is 60.6 Å². The number of carbonyl (C=O) groups excluding carboxylic acids is 3. The topological polar surface area (TPSA) is 112 Å². The standard InChI is InChI=1S/C37H48N4O4S/c1-24-32(46-23-39-24)28-16-14-25(15-17-28)21-38-35(44)31-20-30(42)22-41(31)36(45)33(37(2,3)4)40-34(43)29-13-9-8-12-27(18-19-29)26-10-6-5-7-11-26/h5-7,10-11,14-17,23,27,29-31,33,42H,8-9,12-13,18-22H2,1-4H3,(H,38,44)(H,40,43). The van der Waals surface area contributed by atoms with E-state index in [1.165, 1.54) is 10.5 Å². The number of aliphatic hydroxyl groups is 1. The Kier molecular flexibility index (Phi) is 10.9. The van der Waals surface area contributed by atoms with Crippen molar-refractivity contribution < 1.29 is 19.5 Å². The molecule has 2 aromatic carbocycles. The summed E-state index contributed by atoms with van der Waals surface area (Å²) < 4.78 is 0. The summed E-state index contributed by atoms with van der Waals surface area (Å²) >= 11 is 1.59. The number of amides is 3. The minimum Gasteiger partial charge on any atom is -0.391 e. The highest BCUT2D eigenvalue weighted by Crippen LogP contribution is 2.34. The molecular weight excluding hydrogens is 596 g/mol. The number of carbonyl (C=O) groups is 3. The lowest BCUT2D eigenvalue weighted by Gasteiger charge is -2.36. The monoisotopic (exact) mass is 644 g/mol. The van der Waals surface area contributed by atoms with Crippen molar-refractivity contribution in [2.75, 3.05) is 6.54 Å². The zero-order valence-electron chi connectivity index (χ0n) is 27.5. The van der Waals surface area contributed by atoms with Gasteiger partial charge < -0.3 is 20.6 Å². The highest BCUT2D eigenvalue weighted by Gasteiger charge is 2.45. The Labute approximate surface area is 277 Å². The maximum atomic E-state index is 14.1. The number of likely N-dealkylation sites (tertiary alicyclic amines) is 1. The van der Waals surface area contributed by atoms with E-state index in [4.69, 9.17) is 0 Å². The van der Waals surface area contributed by atoms with Crippen LogP contribution in [-0.2, 0) is 20.9 Å². The molecule has 1 saturated heterocycles. The molecule has 0 radical (unpaired) electrons. The second kappa shape index (κ2) is 14.9. The molecule has 3 N–H and O–H groups in total. The van der Waals surface area contributed by atoms with Gasteiger partial charge in [-0.25, -0.2) is 4.98 Å². The van der Waals surface area contributed by atoms with E-state index in [-0.39, 0.29) is 36.6 Å². The van der Waals surface area contributed by atoms with Crippen LogP contribution >= 0.6 is 11.3 Å². The van der Waals surface area contributed by atoms with Crippen molar-refractivity contribution in [2.45, 2.75) is 103 Å². The molecule has 1 aromatic heterocycles. The second-order valence-electron chi connectivity index (χ2n) is 14.1. The Morgan fingerprint density at radius 2 is 1.70 bits per heavy atom. The van der Waals surface area contributed by atoms with E-state index in [0.29, 0.717) is 12.5 Å². The van der Waals surface area contributed by atoms with Crippen LogP contribution in [0.15, 0.2) is 60.1 Å².